The van der Waals surface area contributed by atoms with Crippen molar-refractivity contribution in [3.63, 3.8) is 0 Å². The Morgan fingerprint density at radius 3 is 2.07 bits per heavy atom. The van der Waals surface area contributed by atoms with Gasteiger partial charge in [-0.25, -0.2) is 0 Å². The fourth-order valence-electron chi connectivity index (χ4n) is 2.28. The molecular formula is C17H33N5O5S2. The van der Waals surface area contributed by atoms with Gasteiger partial charge in [0.05, 0.1) is 6.04 Å². The van der Waals surface area contributed by atoms with Crippen LogP contribution >= 0.6 is 24.4 Å². The number of nitrogens with two attached hydrogens (primary N) is 2. The lowest BCUT2D eigenvalue weighted by atomic mass is 10.1. The fourth-order valence-corrected chi connectivity index (χ4v) is 2.91. The first-order chi connectivity index (χ1) is 13.7. The molecule has 0 fully saturated rings. The summed E-state index contributed by atoms with van der Waals surface area (Å²) in [7, 11) is 0. The van der Waals surface area contributed by atoms with Gasteiger partial charge in [0.2, 0.25) is 17.7 Å². The molecule has 4 atom stereocenters. The van der Waals surface area contributed by atoms with Crippen LogP contribution in [0.5, 0.6) is 0 Å². The van der Waals surface area contributed by atoms with Crippen LogP contribution in [0.25, 0.3) is 0 Å². The molecule has 29 heavy (non-hydrogen) atoms. The van der Waals surface area contributed by atoms with E-state index in [1.165, 1.54) is 18.7 Å². The monoisotopic (exact) mass is 451 g/mol. The van der Waals surface area contributed by atoms with Crippen molar-refractivity contribution >= 4 is 48.1 Å². The number of amides is 3. The Bertz CT molecular complexity index is 552. The Morgan fingerprint density at radius 1 is 1.00 bits per heavy atom. The number of unbranched alkanes of at least 4 members (excludes halogenated alkanes) is 1. The molecule has 0 rings (SSSR count). The largest absolute Gasteiger partial charge is 0.480 e. The van der Waals surface area contributed by atoms with Gasteiger partial charge < -0.3 is 32.5 Å². The molecule has 0 aliphatic rings. The zero-order chi connectivity index (χ0) is 22.4. The molecule has 0 bridgehead atoms. The molecule has 0 aromatic rings. The molecule has 0 aromatic heterocycles. The number of hydrogen-bond donors (Lipinski definition) is 7. The van der Waals surface area contributed by atoms with Crippen molar-refractivity contribution in [3.8, 4) is 0 Å². The molecule has 12 heteroatoms. The molecule has 4 unspecified atom stereocenters. The van der Waals surface area contributed by atoms with Crippen molar-refractivity contribution < 1.29 is 24.3 Å². The summed E-state index contributed by atoms with van der Waals surface area (Å²) in [5, 5.41) is 16.5. The van der Waals surface area contributed by atoms with E-state index in [0.29, 0.717) is 38.0 Å². The second kappa shape index (κ2) is 15.4. The number of carbonyl (C=O) groups is 4. The summed E-state index contributed by atoms with van der Waals surface area (Å²) < 4.78 is 0. The van der Waals surface area contributed by atoms with Gasteiger partial charge in [-0.15, -0.1) is 0 Å². The maximum Gasteiger partial charge on any atom is 0.325 e. The van der Waals surface area contributed by atoms with Gasteiger partial charge in [-0.3, -0.25) is 19.2 Å². The lowest BCUT2D eigenvalue weighted by molar-refractivity contribution is -0.141. The average molecular weight is 452 g/mol. The number of carboxylic acid groups (broad SMARTS) is 1. The predicted octanol–water partition coefficient (Wildman–Crippen LogP) is -1.32. The zero-order valence-corrected chi connectivity index (χ0v) is 18.6. The summed E-state index contributed by atoms with van der Waals surface area (Å²) in [6, 6.07) is -3.77. The third-order valence-electron chi connectivity index (χ3n) is 4.09. The van der Waals surface area contributed by atoms with Crippen molar-refractivity contribution in [1.29, 1.82) is 0 Å². The number of carboxylic acids is 1. The van der Waals surface area contributed by atoms with Crippen molar-refractivity contribution in [1.82, 2.24) is 16.0 Å². The summed E-state index contributed by atoms with van der Waals surface area (Å²) >= 11 is 5.46. The Labute approximate surface area is 181 Å². The number of rotatable bonds is 15. The van der Waals surface area contributed by atoms with Crippen molar-refractivity contribution in [2.75, 3.05) is 24.3 Å². The minimum absolute atomic E-state index is 0.120. The lowest BCUT2D eigenvalue weighted by Crippen LogP contribution is -2.57. The lowest BCUT2D eigenvalue weighted by Gasteiger charge is -2.24. The zero-order valence-electron chi connectivity index (χ0n) is 16.8. The number of nitrogens with one attached hydrogen (secondary N) is 3. The molecule has 168 valence electrons. The molecule has 8 N–H and O–H groups in total. The third-order valence-corrected chi connectivity index (χ3v) is 5.12. The molecule has 10 nitrogen and oxygen atoms in total. The van der Waals surface area contributed by atoms with E-state index in [9.17, 15) is 19.2 Å². The van der Waals surface area contributed by atoms with E-state index in [0.717, 1.165) is 0 Å². The molecule has 0 aromatic carbocycles. The SMILES string of the molecule is CSCCC(NC(=O)C(CCCCN)NC(=O)C(N)CS)C(=O)NC(C)C(=O)O. The fraction of sp³-hybridized carbons (Fsp3) is 0.765. The van der Waals surface area contributed by atoms with E-state index < -0.39 is 47.9 Å². The molecule has 3 amide bonds. The van der Waals surface area contributed by atoms with Crippen LogP contribution in [0.4, 0.5) is 0 Å². The van der Waals surface area contributed by atoms with E-state index in [1.807, 2.05) is 6.26 Å². The maximum absolute atomic E-state index is 12.8. The van der Waals surface area contributed by atoms with E-state index in [4.69, 9.17) is 16.6 Å². The first-order valence-electron chi connectivity index (χ1n) is 9.37. The number of carbonyl (C=O) groups excluding carboxylic acids is 3. The Balaban J connectivity index is 5.21. The topological polar surface area (TPSA) is 177 Å². The normalized spacial score (nSPS) is 14.9. The van der Waals surface area contributed by atoms with Crippen LogP contribution in [0, 0.1) is 0 Å². The van der Waals surface area contributed by atoms with Crippen LogP contribution in [-0.2, 0) is 19.2 Å². The molecule has 0 saturated carbocycles. The van der Waals surface area contributed by atoms with Gasteiger partial charge in [0.1, 0.15) is 18.1 Å². The highest BCUT2D eigenvalue weighted by Gasteiger charge is 2.28. The Morgan fingerprint density at radius 2 is 1.55 bits per heavy atom. The highest BCUT2D eigenvalue weighted by molar-refractivity contribution is 7.98. The molecule has 0 heterocycles. The second-order valence-electron chi connectivity index (χ2n) is 6.55. The highest BCUT2D eigenvalue weighted by Crippen LogP contribution is 2.06. The summed E-state index contributed by atoms with van der Waals surface area (Å²) in [5.74, 6) is -2.13. The molecular weight excluding hydrogens is 418 g/mol. The molecule has 0 spiro atoms. The molecule has 0 saturated heterocycles. The van der Waals surface area contributed by atoms with Crippen LogP contribution in [0.1, 0.15) is 32.6 Å². The first kappa shape index (κ1) is 27.5. The molecule has 0 aliphatic heterocycles. The summed E-state index contributed by atoms with van der Waals surface area (Å²) in [6.45, 7) is 1.78. The molecule has 0 radical (unpaired) electrons. The van der Waals surface area contributed by atoms with Gasteiger partial charge in [-0.2, -0.15) is 24.4 Å². The number of thioether (sulfide) groups is 1. The number of thiol groups is 1. The van der Waals surface area contributed by atoms with Crippen molar-refractivity contribution in [2.45, 2.75) is 56.8 Å². The van der Waals surface area contributed by atoms with E-state index in [2.05, 4.69) is 28.6 Å². The van der Waals surface area contributed by atoms with Gasteiger partial charge in [-0.1, -0.05) is 0 Å². The Kier molecular flexibility index (Phi) is 14.6. The van der Waals surface area contributed by atoms with Gasteiger partial charge >= 0.3 is 5.97 Å². The van der Waals surface area contributed by atoms with Crippen molar-refractivity contribution in [3.05, 3.63) is 0 Å². The van der Waals surface area contributed by atoms with E-state index in [-0.39, 0.29) is 5.75 Å². The van der Waals surface area contributed by atoms with Crippen LogP contribution in [0.3, 0.4) is 0 Å². The number of hydrogen-bond acceptors (Lipinski definition) is 8. The number of aliphatic carboxylic acids is 1. The summed E-state index contributed by atoms with van der Waals surface area (Å²) in [4.78, 5) is 48.3. The first-order valence-corrected chi connectivity index (χ1v) is 11.4. The predicted molar refractivity (Wildman–Crippen MR) is 117 cm³/mol. The minimum atomic E-state index is -1.18. The van der Waals surface area contributed by atoms with Gasteiger partial charge in [0, 0.05) is 5.75 Å². The molecule has 0 aliphatic carbocycles. The quantitative estimate of drug-likeness (QED) is 0.118. The maximum atomic E-state index is 12.8. The second-order valence-corrected chi connectivity index (χ2v) is 7.90. The van der Waals surface area contributed by atoms with E-state index in [1.54, 1.807) is 0 Å². The smallest absolute Gasteiger partial charge is 0.325 e. The summed E-state index contributed by atoms with van der Waals surface area (Å²) in [5.41, 5.74) is 11.1. The summed E-state index contributed by atoms with van der Waals surface area (Å²) in [6.07, 6.45) is 3.76. The highest BCUT2D eigenvalue weighted by atomic mass is 32.2. The van der Waals surface area contributed by atoms with Crippen LogP contribution < -0.4 is 27.4 Å². The average Bonchev–Trinajstić information content (AvgIpc) is 2.69. The van der Waals surface area contributed by atoms with Gasteiger partial charge in [0.25, 0.3) is 0 Å². The van der Waals surface area contributed by atoms with E-state index >= 15 is 0 Å². The Hall–Kier alpha value is -1.50. The van der Waals surface area contributed by atoms with Crippen LogP contribution in [0.2, 0.25) is 0 Å². The minimum Gasteiger partial charge on any atom is -0.480 e. The standard InChI is InChI=1S/C17H33N5O5S2/c1-10(17(26)27)20-15(24)13(6-8-29-2)22-16(25)12(5-3-4-7-18)21-14(23)11(19)9-28/h10-13,28H,3-9,18-19H2,1-2H3,(H,20,24)(H,21,23)(H,22,25)(H,26,27). The van der Waals surface area contributed by atoms with Crippen LogP contribution in [0.15, 0.2) is 0 Å². The van der Waals surface area contributed by atoms with Gasteiger partial charge in [-0.05, 0) is 51.2 Å². The third kappa shape index (κ3) is 11.3. The van der Waals surface area contributed by atoms with Crippen molar-refractivity contribution in [2.24, 2.45) is 11.5 Å². The van der Waals surface area contributed by atoms with Crippen LogP contribution in [-0.4, -0.2) is 77.3 Å². The van der Waals surface area contributed by atoms with Gasteiger partial charge in [0.15, 0.2) is 0 Å².